The van der Waals surface area contributed by atoms with Crippen LogP contribution in [-0.4, -0.2) is 42.4 Å². The first kappa shape index (κ1) is 15.0. The second-order valence-corrected chi connectivity index (χ2v) is 7.07. The molecule has 1 N–H and O–H groups in total. The molecule has 0 amide bonds. The van der Waals surface area contributed by atoms with Crippen molar-refractivity contribution >= 4 is 0 Å². The van der Waals surface area contributed by atoms with Crippen LogP contribution in [-0.2, 0) is 12.0 Å². The van der Waals surface area contributed by atoms with Gasteiger partial charge in [-0.05, 0) is 38.1 Å². The SMILES string of the molecule is CCCOc1ccc2c3c1O[C@H]1C[C@@H](O)C=C[C@@]31CCN(C)C2. The predicted octanol–water partition coefficient (Wildman–Crippen LogP) is 2.63. The van der Waals surface area contributed by atoms with Gasteiger partial charge in [0.1, 0.15) is 6.10 Å². The summed E-state index contributed by atoms with van der Waals surface area (Å²) in [6, 6.07) is 4.24. The van der Waals surface area contributed by atoms with Crippen LogP contribution in [0.2, 0.25) is 0 Å². The van der Waals surface area contributed by atoms with Crippen molar-refractivity contribution < 1.29 is 14.6 Å². The third kappa shape index (κ3) is 2.27. The monoisotopic (exact) mass is 315 g/mol. The fourth-order valence-electron chi connectivity index (χ4n) is 4.24. The molecule has 0 bridgehead atoms. The highest BCUT2D eigenvalue weighted by atomic mass is 16.5. The van der Waals surface area contributed by atoms with E-state index in [1.54, 1.807) is 0 Å². The molecule has 1 aromatic rings. The number of nitrogens with zero attached hydrogens (tertiary/aromatic N) is 1. The summed E-state index contributed by atoms with van der Waals surface area (Å²) in [6.45, 7) is 4.77. The van der Waals surface area contributed by atoms with E-state index in [1.165, 1.54) is 11.1 Å². The van der Waals surface area contributed by atoms with E-state index in [0.717, 1.165) is 37.4 Å². The lowest BCUT2D eigenvalue weighted by molar-refractivity contribution is 0.0817. The Morgan fingerprint density at radius 3 is 3.13 bits per heavy atom. The van der Waals surface area contributed by atoms with Gasteiger partial charge >= 0.3 is 0 Å². The third-order valence-corrected chi connectivity index (χ3v) is 5.39. The second-order valence-electron chi connectivity index (χ2n) is 7.07. The molecule has 0 fully saturated rings. The maximum absolute atomic E-state index is 10.1. The first-order chi connectivity index (χ1) is 11.1. The number of aliphatic hydroxyl groups is 1. The first-order valence-electron chi connectivity index (χ1n) is 8.66. The van der Waals surface area contributed by atoms with Crippen molar-refractivity contribution in [1.29, 1.82) is 0 Å². The summed E-state index contributed by atoms with van der Waals surface area (Å²) < 4.78 is 12.3. The van der Waals surface area contributed by atoms with Gasteiger partial charge in [-0.3, -0.25) is 0 Å². The first-order valence-corrected chi connectivity index (χ1v) is 8.66. The van der Waals surface area contributed by atoms with E-state index < -0.39 is 6.10 Å². The molecule has 0 saturated heterocycles. The van der Waals surface area contributed by atoms with Crippen molar-refractivity contribution in [3.05, 3.63) is 35.4 Å². The number of aliphatic hydroxyl groups excluding tert-OH is 1. The molecule has 1 aliphatic carbocycles. The van der Waals surface area contributed by atoms with Crippen molar-refractivity contribution in [3.63, 3.8) is 0 Å². The van der Waals surface area contributed by atoms with Crippen LogP contribution in [0.3, 0.4) is 0 Å². The van der Waals surface area contributed by atoms with Crippen molar-refractivity contribution in [2.24, 2.45) is 0 Å². The van der Waals surface area contributed by atoms with Crippen LogP contribution in [0.15, 0.2) is 24.3 Å². The van der Waals surface area contributed by atoms with E-state index in [2.05, 4.69) is 31.0 Å². The standard InChI is InChI=1S/C19H25NO3/c1-3-10-22-15-5-4-13-12-20(2)9-8-19-7-6-14(21)11-16(19)23-18(15)17(13)19/h4-7,14,16,21H,3,8-12H2,1-2H3/t14-,16-,19-/m0/s1. The lowest BCUT2D eigenvalue weighted by atomic mass is 9.69. The van der Waals surface area contributed by atoms with Gasteiger partial charge < -0.3 is 19.5 Å². The van der Waals surface area contributed by atoms with E-state index in [1.807, 2.05) is 12.1 Å². The zero-order chi connectivity index (χ0) is 16.0. The minimum atomic E-state index is -0.413. The number of hydrogen-bond acceptors (Lipinski definition) is 4. The molecular formula is C19H25NO3. The fraction of sp³-hybridized carbons (Fsp3) is 0.579. The van der Waals surface area contributed by atoms with Gasteiger partial charge in [0.15, 0.2) is 11.5 Å². The molecule has 1 aromatic carbocycles. The van der Waals surface area contributed by atoms with Crippen LogP contribution in [0.5, 0.6) is 11.5 Å². The van der Waals surface area contributed by atoms with Crippen molar-refractivity contribution in [3.8, 4) is 11.5 Å². The summed E-state index contributed by atoms with van der Waals surface area (Å²) in [7, 11) is 2.17. The van der Waals surface area contributed by atoms with Gasteiger partial charge in [-0.1, -0.05) is 25.1 Å². The number of hydrogen-bond donors (Lipinski definition) is 1. The molecule has 3 aliphatic rings. The highest BCUT2D eigenvalue weighted by Gasteiger charge is 2.52. The van der Waals surface area contributed by atoms with E-state index in [4.69, 9.17) is 9.47 Å². The summed E-state index contributed by atoms with van der Waals surface area (Å²) >= 11 is 0. The van der Waals surface area contributed by atoms with Crippen molar-refractivity contribution in [2.45, 2.75) is 50.4 Å². The normalized spacial score (nSPS) is 32.0. The molecule has 23 heavy (non-hydrogen) atoms. The Hall–Kier alpha value is -1.52. The van der Waals surface area contributed by atoms with E-state index in [9.17, 15) is 5.11 Å². The van der Waals surface area contributed by atoms with Gasteiger partial charge in [0.05, 0.1) is 18.1 Å². The van der Waals surface area contributed by atoms with Gasteiger partial charge in [-0.15, -0.1) is 0 Å². The Morgan fingerprint density at radius 1 is 1.43 bits per heavy atom. The molecule has 0 unspecified atom stereocenters. The van der Waals surface area contributed by atoms with Crippen molar-refractivity contribution in [1.82, 2.24) is 4.90 Å². The number of rotatable bonds is 3. The molecule has 1 spiro atoms. The summed E-state index contributed by atoms with van der Waals surface area (Å²) in [5.41, 5.74) is 2.51. The Kier molecular flexibility index (Phi) is 3.62. The molecule has 3 atom stereocenters. The summed E-state index contributed by atoms with van der Waals surface area (Å²) in [5, 5.41) is 10.1. The molecule has 4 nitrogen and oxygen atoms in total. The summed E-state index contributed by atoms with van der Waals surface area (Å²) in [5.74, 6) is 1.77. The largest absolute Gasteiger partial charge is 0.490 e. The van der Waals surface area contributed by atoms with Crippen LogP contribution >= 0.6 is 0 Å². The highest BCUT2D eigenvalue weighted by molar-refractivity contribution is 5.61. The molecule has 4 rings (SSSR count). The number of ether oxygens (including phenoxy) is 2. The molecule has 0 aromatic heterocycles. The van der Waals surface area contributed by atoms with Crippen LogP contribution < -0.4 is 9.47 Å². The van der Waals surface area contributed by atoms with Crippen molar-refractivity contribution in [2.75, 3.05) is 20.2 Å². The maximum Gasteiger partial charge on any atom is 0.166 e. The average Bonchev–Trinajstić information content (AvgIpc) is 2.79. The van der Waals surface area contributed by atoms with Crippen LogP contribution in [0, 0.1) is 0 Å². The Labute approximate surface area is 137 Å². The van der Waals surface area contributed by atoms with Gasteiger partial charge in [0.25, 0.3) is 0 Å². The predicted molar refractivity (Wildman–Crippen MR) is 89.0 cm³/mol. The summed E-state index contributed by atoms with van der Waals surface area (Å²) in [6.07, 6.45) is 6.40. The third-order valence-electron chi connectivity index (χ3n) is 5.39. The van der Waals surface area contributed by atoms with E-state index in [0.29, 0.717) is 13.0 Å². The number of benzene rings is 1. The quantitative estimate of drug-likeness (QED) is 0.871. The minimum Gasteiger partial charge on any atom is -0.490 e. The molecular weight excluding hydrogens is 290 g/mol. The van der Waals surface area contributed by atoms with E-state index >= 15 is 0 Å². The molecule has 2 aliphatic heterocycles. The van der Waals surface area contributed by atoms with Crippen LogP contribution in [0.4, 0.5) is 0 Å². The smallest absolute Gasteiger partial charge is 0.166 e. The lowest BCUT2D eigenvalue weighted by Gasteiger charge is -2.35. The van der Waals surface area contributed by atoms with Crippen LogP contribution in [0.25, 0.3) is 0 Å². The topological polar surface area (TPSA) is 41.9 Å². The Bertz CT molecular complexity index is 642. The minimum absolute atomic E-state index is 0.00845. The molecule has 0 radical (unpaired) electrons. The second kappa shape index (κ2) is 5.53. The Balaban J connectivity index is 1.86. The van der Waals surface area contributed by atoms with Crippen LogP contribution in [0.1, 0.15) is 37.3 Å². The Morgan fingerprint density at radius 2 is 2.30 bits per heavy atom. The van der Waals surface area contributed by atoms with Gasteiger partial charge in [0.2, 0.25) is 0 Å². The zero-order valence-electron chi connectivity index (χ0n) is 13.9. The molecule has 4 heteroatoms. The molecule has 0 saturated carbocycles. The van der Waals surface area contributed by atoms with Gasteiger partial charge in [-0.2, -0.15) is 0 Å². The van der Waals surface area contributed by atoms with Gasteiger partial charge in [0, 0.05) is 18.5 Å². The zero-order valence-corrected chi connectivity index (χ0v) is 13.9. The van der Waals surface area contributed by atoms with Gasteiger partial charge in [-0.25, -0.2) is 0 Å². The van der Waals surface area contributed by atoms with E-state index in [-0.39, 0.29) is 11.5 Å². The highest BCUT2D eigenvalue weighted by Crippen LogP contribution is 2.55. The average molecular weight is 315 g/mol. The summed E-state index contributed by atoms with van der Waals surface area (Å²) in [4.78, 5) is 2.37. The molecule has 2 heterocycles. The fourth-order valence-corrected chi connectivity index (χ4v) is 4.24. The molecule has 124 valence electrons. The maximum atomic E-state index is 10.1. The lowest BCUT2D eigenvalue weighted by Crippen LogP contribution is -2.42.